The van der Waals surface area contributed by atoms with E-state index in [2.05, 4.69) is 53.9 Å². The predicted octanol–water partition coefficient (Wildman–Crippen LogP) is 5.91. The summed E-state index contributed by atoms with van der Waals surface area (Å²) >= 11 is 1.62. The zero-order chi connectivity index (χ0) is 23.2. The van der Waals surface area contributed by atoms with E-state index in [-0.39, 0.29) is 17.6 Å². The number of carbonyl (C=O) groups excluding carboxylic acids is 1. The average Bonchev–Trinajstić information content (AvgIpc) is 2.74. The Hall–Kier alpha value is -2.31. The molecule has 0 saturated heterocycles. The Morgan fingerprint density at radius 2 is 2.06 bits per heavy atom. The normalized spacial score (nSPS) is 20.8. The maximum absolute atomic E-state index is 12.8. The Balaban J connectivity index is 1.57. The molecule has 2 aliphatic rings. The van der Waals surface area contributed by atoms with Crippen molar-refractivity contribution >= 4 is 24.3 Å². The van der Waals surface area contributed by atoms with Gasteiger partial charge in [-0.05, 0) is 75.8 Å². The largest absolute Gasteiger partial charge is 0.444 e. The third-order valence-electron chi connectivity index (χ3n) is 5.42. The highest BCUT2D eigenvalue weighted by Crippen LogP contribution is 2.39. The second-order valence-corrected chi connectivity index (χ2v) is 10.6. The number of hydrogen-bond acceptors (Lipinski definition) is 5. The molecule has 1 aromatic rings. The molecule has 1 aromatic carbocycles. The number of rotatable bonds is 8. The van der Waals surface area contributed by atoms with Crippen LogP contribution in [0.2, 0.25) is 0 Å². The molecule has 3 rings (SSSR count). The van der Waals surface area contributed by atoms with Gasteiger partial charge in [-0.2, -0.15) is 0 Å². The summed E-state index contributed by atoms with van der Waals surface area (Å²) in [4.78, 5) is 20.1. The maximum Gasteiger partial charge on any atom is 0.410 e. The third kappa shape index (κ3) is 7.10. The van der Waals surface area contributed by atoms with E-state index in [0.29, 0.717) is 13.1 Å². The molecule has 1 amide bonds. The fourth-order valence-electron chi connectivity index (χ4n) is 3.60. The smallest absolute Gasteiger partial charge is 0.410 e. The zero-order valence-corrected chi connectivity index (χ0v) is 20.6. The van der Waals surface area contributed by atoms with Crippen LogP contribution < -0.4 is 4.72 Å². The lowest BCUT2D eigenvalue weighted by Crippen LogP contribution is -2.44. The number of hydrogen-bond donors (Lipinski definition) is 1. The van der Waals surface area contributed by atoms with E-state index in [4.69, 9.17) is 4.74 Å². The van der Waals surface area contributed by atoms with Crippen molar-refractivity contribution in [3.05, 3.63) is 70.8 Å². The van der Waals surface area contributed by atoms with Crippen LogP contribution in [0.4, 0.5) is 4.79 Å². The first kappa shape index (κ1) is 24.3. The van der Waals surface area contributed by atoms with E-state index in [1.54, 1.807) is 11.9 Å². The number of allylic oxidation sites excluding steroid dienone is 4. The minimum atomic E-state index is -0.518. The van der Waals surface area contributed by atoms with Crippen LogP contribution in [0, 0.1) is 5.41 Å². The van der Waals surface area contributed by atoms with E-state index in [1.807, 2.05) is 56.3 Å². The minimum absolute atomic E-state index is 0.00459. The fourth-order valence-corrected chi connectivity index (χ4v) is 4.37. The van der Waals surface area contributed by atoms with Crippen LogP contribution in [0.25, 0.3) is 0 Å². The van der Waals surface area contributed by atoms with Gasteiger partial charge in [0, 0.05) is 41.9 Å². The van der Waals surface area contributed by atoms with Crippen LogP contribution in [0.5, 0.6) is 0 Å². The van der Waals surface area contributed by atoms with Crippen molar-refractivity contribution in [1.82, 2.24) is 9.62 Å². The Morgan fingerprint density at radius 1 is 1.31 bits per heavy atom. The number of ether oxygens (including phenoxy) is 1. The number of aliphatic imine (C=N–C) groups is 1. The topological polar surface area (TPSA) is 53.9 Å². The number of benzene rings is 1. The molecule has 2 atom stereocenters. The minimum Gasteiger partial charge on any atom is -0.444 e. The lowest BCUT2D eigenvalue weighted by Gasteiger charge is -2.31. The number of nitrogens with zero attached hydrogens (tertiary/aromatic N) is 2. The van der Waals surface area contributed by atoms with E-state index >= 15 is 0 Å². The average molecular weight is 454 g/mol. The molecule has 1 aliphatic carbocycles. The van der Waals surface area contributed by atoms with Crippen LogP contribution in [0.1, 0.15) is 46.6 Å². The van der Waals surface area contributed by atoms with Gasteiger partial charge in [-0.25, -0.2) is 4.79 Å². The van der Waals surface area contributed by atoms with Gasteiger partial charge in [0.15, 0.2) is 0 Å². The van der Waals surface area contributed by atoms with Gasteiger partial charge in [0.1, 0.15) is 5.60 Å². The molecule has 0 bridgehead atoms. The van der Waals surface area contributed by atoms with Crippen molar-refractivity contribution in [2.24, 2.45) is 10.4 Å². The summed E-state index contributed by atoms with van der Waals surface area (Å²) in [5, 5.41) is 0. The lowest BCUT2D eigenvalue weighted by molar-refractivity contribution is 0.0241. The van der Waals surface area contributed by atoms with E-state index in [0.717, 1.165) is 12.8 Å². The molecular weight excluding hydrogens is 418 g/mol. The highest BCUT2D eigenvalue weighted by atomic mass is 32.2. The molecule has 1 aliphatic heterocycles. The van der Waals surface area contributed by atoms with Gasteiger partial charge < -0.3 is 9.64 Å². The number of amides is 1. The quantitative estimate of drug-likeness (QED) is 0.497. The van der Waals surface area contributed by atoms with E-state index in [9.17, 15) is 4.79 Å². The molecule has 0 saturated carbocycles. The Bertz CT molecular complexity index is 915. The SMILES string of the molecule is C[C@H](CN(CCc1ccccc1)C(=O)OC(C)(C)C)NSC1=CCC2(C)C=NC=CC2=C1. The zero-order valence-electron chi connectivity index (χ0n) is 19.8. The summed E-state index contributed by atoms with van der Waals surface area (Å²) < 4.78 is 9.17. The summed E-state index contributed by atoms with van der Waals surface area (Å²) in [5.41, 5.74) is 1.97. The molecule has 1 heterocycles. The van der Waals surface area contributed by atoms with E-state index in [1.165, 1.54) is 16.0 Å². The second-order valence-electron chi connectivity index (χ2n) is 9.70. The first-order valence-electron chi connectivity index (χ1n) is 11.2. The second kappa shape index (κ2) is 10.5. The van der Waals surface area contributed by atoms with E-state index < -0.39 is 5.60 Å². The van der Waals surface area contributed by atoms with Crippen LogP contribution in [-0.2, 0) is 11.2 Å². The lowest BCUT2D eigenvalue weighted by atomic mass is 9.76. The molecule has 5 nitrogen and oxygen atoms in total. The van der Waals surface area contributed by atoms with Gasteiger partial charge in [0.05, 0.1) is 0 Å². The molecule has 0 spiro atoms. The molecule has 32 heavy (non-hydrogen) atoms. The summed E-state index contributed by atoms with van der Waals surface area (Å²) in [6.45, 7) is 11.2. The van der Waals surface area contributed by atoms with Crippen LogP contribution in [-0.4, -0.2) is 41.9 Å². The van der Waals surface area contributed by atoms with Gasteiger partial charge in [-0.3, -0.25) is 9.71 Å². The third-order valence-corrected chi connectivity index (χ3v) is 6.46. The number of fused-ring (bicyclic) bond motifs is 1. The van der Waals surface area contributed by atoms with Gasteiger partial charge >= 0.3 is 6.09 Å². The van der Waals surface area contributed by atoms with Crippen molar-refractivity contribution in [3.8, 4) is 0 Å². The number of nitrogens with one attached hydrogen (secondary N) is 1. The fraction of sp³-hybridized carbons (Fsp3) is 0.462. The highest BCUT2D eigenvalue weighted by Gasteiger charge is 2.29. The van der Waals surface area contributed by atoms with Crippen molar-refractivity contribution in [3.63, 3.8) is 0 Å². The molecule has 0 fully saturated rings. The summed E-state index contributed by atoms with van der Waals surface area (Å²) in [6.07, 6.45) is 11.9. The summed E-state index contributed by atoms with van der Waals surface area (Å²) in [7, 11) is 0. The molecular formula is C26H35N3O2S. The van der Waals surface area contributed by atoms with Crippen molar-refractivity contribution in [2.45, 2.75) is 59.1 Å². The number of carbonyl (C=O) groups is 1. The van der Waals surface area contributed by atoms with Gasteiger partial charge in [0.25, 0.3) is 0 Å². The monoisotopic (exact) mass is 453 g/mol. The first-order chi connectivity index (χ1) is 15.1. The first-order valence-corrected chi connectivity index (χ1v) is 12.0. The molecule has 6 heteroatoms. The van der Waals surface area contributed by atoms with Crippen LogP contribution in [0.3, 0.4) is 0 Å². The summed E-state index contributed by atoms with van der Waals surface area (Å²) in [5.74, 6) is 0. The molecule has 0 aromatic heterocycles. The van der Waals surface area contributed by atoms with Crippen LogP contribution >= 0.6 is 11.9 Å². The van der Waals surface area contributed by atoms with Crippen molar-refractivity contribution in [2.75, 3.05) is 13.1 Å². The Labute approximate surface area is 196 Å². The highest BCUT2D eigenvalue weighted by molar-refractivity contribution is 8.01. The molecule has 0 radical (unpaired) electrons. The van der Waals surface area contributed by atoms with Gasteiger partial charge in [-0.1, -0.05) is 43.3 Å². The maximum atomic E-state index is 12.8. The Kier molecular flexibility index (Phi) is 8.01. The predicted molar refractivity (Wildman–Crippen MR) is 135 cm³/mol. The molecule has 1 unspecified atom stereocenters. The van der Waals surface area contributed by atoms with Crippen LogP contribution in [0.15, 0.2) is 70.2 Å². The van der Waals surface area contributed by atoms with Crippen molar-refractivity contribution < 1.29 is 9.53 Å². The van der Waals surface area contributed by atoms with Gasteiger partial charge in [-0.15, -0.1) is 0 Å². The Morgan fingerprint density at radius 3 is 2.78 bits per heavy atom. The molecule has 172 valence electrons. The molecule has 1 N–H and O–H groups in total. The van der Waals surface area contributed by atoms with Crippen molar-refractivity contribution in [1.29, 1.82) is 0 Å². The van der Waals surface area contributed by atoms with Gasteiger partial charge in [0.2, 0.25) is 0 Å². The standard InChI is InChI=1S/C26H35N3O2S/c1-20(28-32-23-11-14-26(5)19-27-15-12-22(26)17-23)18-29(24(30)31-25(2,3)4)16-13-21-9-7-6-8-10-21/h6-12,15,17,19-20,28H,13-14,16,18H2,1-5H3/t20-,26?/m1/s1. The summed E-state index contributed by atoms with van der Waals surface area (Å²) in [6, 6.07) is 10.3.